The highest BCUT2D eigenvalue weighted by molar-refractivity contribution is 7.13. The summed E-state index contributed by atoms with van der Waals surface area (Å²) in [6.07, 6.45) is 0. The van der Waals surface area contributed by atoms with Crippen molar-refractivity contribution in [3.05, 3.63) is 35.3 Å². The second kappa shape index (κ2) is 4.45. The van der Waals surface area contributed by atoms with Gasteiger partial charge in [-0.15, -0.1) is 11.3 Å². The van der Waals surface area contributed by atoms with E-state index in [1.165, 1.54) is 0 Å². The highest BCUT2D eigenvalue weighted by Crippen LogP contribution is 2.25. The second-order valence-corrected chi connectivity index (χ2v) is 4.11. The standard InChI is InChI=1S/C12H13NOS/c1-3-14-11-6-4-10(5-7-11)12-13-9(2)8-15-12/h4-8H,3H2,1-2H3. The van der Waals surface area contributed by atoms with E-state index in [-0.39, 0.29) is 0 Å². The lowest BCUT2D eigenvalue weighted by Gasteiger charge is -2.02. The maximum Gasteiger partial charge on any atom is 0.123 e. The Balaban J connectivity index is 2.23. The third kappa shape index (κ3) is 2.36. The van der Waals surface area contributed by atoms with Gasteiger partial charge in [-0.2, -0.15) is 0 Å². The first kappa shape index (κ1) is 10.2. The molecule has 1 aromatic heterocycles. The number of aryl methyl sites for hydroxylation is 1. The third-order valence-electron chi connectivity index (χ3n) is 2.03. The molecule has 2 rings (SSSR count). The molecule has 0 aliphatic heterocycles. The van der Waals surface area contributed by atoms with Crippen molar-refractivity contribution in [2.45, 2.75) is 13.8 Å². The van der Waals surface area contributed by atoms with Gasteiger partial charge in [0.25, 0.3) is 0 Å². The Bertz CT molecular complexity index is 433. The molecule has 0 radical (unpaired) electrons. The van der Waals surface area contributed by atoms with Crippen LogP contribution in [0.3, 0.4) is 0 Å². The molecular formula is C12H13NOS. The first-order valence-electron chi connectivity index (χ1n) is 4.95. The summed E-state index contributed by atoms with van der Waals surface area (Å²) in [5.41, 5.74) is 2.22. The van der Waals surface area contributed by atoms with Crippen molar-refractivity contribution in [2.24, 2.45) is 0 Å². The average Bonchev–Trinajstić information content (AvgIpc) is 2.67. The minimum atomic E-state index is 0.704. The molecule has 2 nitrogen and oxygen atoms in total. The van der Waals surface area contributed by atoms with Crippen molar-refractivity contribution < 1.29 is 4.74 Å². The average molecular weight is 219 g/mol. The Labute approximate surface area is 93.6 Å². The van der Waals surface area contributed by atoms with E-state index in [2.05, 4.69) is 10.4 Å². The van der Waals surface area contributed by atoms with Gasteiger partial charge in [0.1, 0.15) is 10.8 Å². The molecule has 0 saturated carbocycles. The summed E-state index contributed by atoms with van der Waals surface area (Å²) >= 11 is 1.67. The molecule has 0 unspecified atom stereocenters. The van der Waals surface area contributed by atoms with Crippen LogP contribution in [0.15, 0.2) is 29.6 Å². The van der Waals surface area contributed by atoms with Gasteiger partial charge in [-0.1, -0.05) is 0 Å². The Morgan fingerprint density at radius 2 is 2.00 bits per heavy atom. The first-order valence-corrected chi connectivity index (χ1v) is 5.83. The predicted octanol–water partition coefficient (Wildman–Crippen LogP) is 3.52. The van der Waals surface area contributed by atoms with Gasteiger partial charge in [0.15, 0.2) is 0 Å². The van der Waals surface area contributed by atoms with E-state index in [0.717, 1.165) is 22.0 Å². The van der Waals surface area contributed by atoms with Crippen molar-refractivity contribution in [3.8, 4) is 16.3 Å². The summed E-state index contributed by atoms with van der Waals surface area (Å²) in [7, 11) is 0. The molecule has 0 N–H and O–H groups in total. The zero-order valence-corrected chi connectivity index (χ0v) is 9.67. The summed E-state index contributed by atoms with van der Waals surface area (Å²) in [5, 5.41) is 3.13. The number of nitrogens with zero attached hydrogens (tertiary/aromatic N) is 1. The number of aromatic nitrogens is 1. The lowest BCUT2D eigenvalue weighted by atomic mass is 10.2. The molecule has 0 bridgehead atoms. The molecule has 2 aromatic rings. The van der Waals surface area contributed by atoms with Gasteiger partial charge in [0.2, 0.25) is 0 Å². The number of benzene rings is 1. The fourth-order valence-electron chi connectivity index (χ4n) is 1.35. The molecule has 1 aromatic carbocycles. The predicted molar refractivity (Wildman–Crippen MR) is 63.5 cm³/mol. The minimum Gasteiger partial charge on any atom is -0.494 e. The molecule has 0 spiro atoms. The van der Waals surface area contributed by atoms with Crippen LogP contribution in [0.2, 0.25) is 0 Å². The summed E-state index contributed by atoms with van der Waals surface area (Å²) in [6, 6.07) is 8.05. The van der Waals surface area contributed by atoms with E-state index in [4.69, 9.17) is 4.74 Å². The van der Waals surface area contributed by atoms with Gasteiger partial charge < -0.3 is 4.74 Å². The fourth-order valence-corrected chi connectivity index (χ4v) is 2.15. The van der Waals surface area contributed by atoms with E-state index in [1.54, 1.807) is 11.3 Å². The Hall–Kier alpha value is -1.35. The summed E-state index contributed by atoms with van der Waals surface area (Å²) in [4.78, 5) is 4.43. The molecule has 3 heteroatoms. The minimum absolute atomic E-state index is 0.704. The van der Waals surface area contributed by atoms with Crippen LogP contribution in [0, 0.1) is 6.92 Å². The lowest BCUT2D eigenvalue weighted by molar-refractivity contribution is 0.340. The lowest BCUT2D eigenvalue weighted by Crippen LogP contribution is -1.90. The highest BCUT2D eigenvalue weighted by atomic mass is 32.1. The maximum absolute atomic E-state index is 5.38. The molecule has 0 saturated heterocycles. The number of hydrogen-bond acceptors (Lipinski definition) is 3. The highest BCUT2D eigenvalue weighted by Gasteiger charge is 2.02. The van der Waals surface area contributed by atoms with Crippen LogP contribution < -0.4 is 4.74 Å². The van der Waals surface area contributed by atoms with Crippen LogP contribution in [-0.2, 0) is 0 Å². The van der Waals surface area contributed by atoms with Crippen molar-refractivity contribution in [1.29, 1.82) is 0 Å². The largest absolute Gasteiger partial charge is 0.494 e. The van der Waals surface area contributed by atoms with Gasteiger partial charge in [-0.05, 0) is 38.1 Å². The van der Waals surface area contributed by atoms with Gasteiger partial charge in [0, 0.05) is 16.6 Å². The molecule has 15 heavy (non-hydrogen) atoms. The van der Waals surface area contributed by atoms with Gasteiger partial charge in [0.05, 0.1) is 6.61 Å². The normalized spacial score (nSPS) is 10.3. The van der Waals surface area contributed by atoms with Crippen LogP contribution in [0.4, 0.5) is 0 Å². The van der Waals surface area contributed by atoms with E-state index >= 15 is 0 Å². The maximum atomic E-state index is 5.38. The summed E-state index contributed by atoms with van der Waals surface area (Å²) in [5.74, 6) is 0.912. The van der Waals surface area contributed by atoms with Crippen LogP contribution in [-0.4, -0.2) is 11.6 Å². The smallest absolute Gasteiger partial charge is 0.123 e. The van der Waals surface area contributed by atoms with E-state index < -0.39 is 0 Å². The van der Waals surface area contributed by atoms with Crippen molar-refractivity contribution in [3.63, 3.8) is 0 Å². The summed E-state index contributed by atoms with van der Waals surface area (Å²) < 4.78 is 5.38. The Morgan fingerprint density at radius 3 is 2.53 bits per heavy atom. The van der Waals surface area contributed by atoms with Crippen molar-refractivity contribution >= 4 is 11.3 Å². The van der Waals surface area contributed by atoms with Crippen molar-refractivity contribution in [2.75, 3.05) is 6.61 Å². The second-order valence-electron chi connectivity index (χ2n) is 3.25. The van der Waals surface area contributed by atoms with E-state index in [1.807, 2.05) is 38.1 Å². The Morgan fingerprint density at radius 1 is 1.27 bits per heavy atom. The molecule has 0 aliphatic carbocycles. The quantitative estimate of drug-likeness (QED) is 0.788. The zero-order valence-electron chi connectivity index (χ0n) is 8.86. The van der Waals surface area contributed by atoms with Crippen LogP contribution >= 0.6 is 11.3 Å². The monoisotopic (exact) mass is 219 g/mol. The van der Waals surface area contributed by atoms with E-state index in [0.29, 0.717) is 6.61 Å². The third-order valence-corrected chi connectivity index (χ3v) is 3.04. The SMILES string of the molecule is CCOc1ccc(-c2nc(C)cs2)cc1. The van der Waals surface area contributed by atoms with Gasteiger partial charge >= 0.3 is 0 Å². The molecule has 0 aliphatic rings. The van der Waals surface area contributed by atoms with Crippen molar-refractivity contribution in [1.82, 2.24) is 4.98 Å². The molecule has 1 heterocycles. The molecule has 0 amide bonds. The topological polar surface area (TPSA) is 22.1 Å². The molecule has 0 fully saturated rings. The Kier molecular flexibility index (Phi) is 3.02. The molecular weight excluding hydrogens is 206 g/mol. The molecule has 0 atom stereocenters. The number of thiazole rings is 1. The van der Waals surface area contributed by atoms with Crippen LogP contribution in [0.1, 0.15) is 12.6 Å². The molecule has 78 valence electrons. The number of hydrogen-bond donors (Lipinski definition) is 0. The zero-order chi connectivity index (χ0) is 10.7. The number of rotatable bonds is 3. The van der Waals surface area contributed by atoms with Crippen LogP contribution in [0.25, 0.3) is 10.6 Å². The van der Waals surface area contributed by atoms with Crippen LogP contribution in [0.5, 0.6) is 5.75 Å². The van der Waals surface area contributed by atoms with Gasteiger partial charge in [-0.3, -0.25) is 0 Å². The first-order chi connectivity index (χ1) is 7.29. The van der Waals surface area contributed by atoms with Gasteiger partial charge in [-0.25, -0.2) is 4.98 Å². The summed E-state index contributed by atoms with van der Waals surface area (Å²) in [6.45, 7) is 4.70. The number of ether oxygens (including phenoxy) is 1. The fraction of sp³-hybridized carbons (Fsp3) is 0.250. The van der Waals surface area contributed by atoms with E-state index in [9.17, 15) is 0 Å².